The summed E-state index contributed by atoms with van der Waals surface area (Å²) >= 11 is 0. The van der Waals surface area contributed by atoms with Gasteiger partial charge in [0.05, 0.1) is 36.6 Å². The molecule has 12 heteroatoms. The first-order valence-corrected chi connectivity index (χ1v) is 15.7. The smallest absolute Gasteiger partial charge is 0.410 e. The topological polar surface area (TPSA) is 105 Å². The average Bonchev–Trinajstić information content (AvgIpc) is 3.39. The molecule has 192 valence electrons. The van der Waals surface area contributed by atoms with Crippen LogP contribution in [0.2, 0.25) is 25.7 Å². The Morgan fingerprint density at radius 3 is 2.61 bits per heavy atom. The van der Waals surface area contributed by atoms with Crippen molar-refractivity contribution in [1.29, 1.82) is 0 Å². The van der Waals surface area contributed by atoms with Gasteiger partial charge in [-0.05, 0) is 26.8 Å². The van der Waals surface area contributed by atoms with Crippen LogP contribution in [0.4, 0.5) is 4.79 Å². The number of fused-ring (bicyclic) bond motifs is 1. The van der Waals surface area contributed by atoms with Gasteiger partial charge >= 0.3 is 6.09 Å². The molecule has 4 rings (SSSR count). The lowest BCUT2D eigenvalue weighted by Gasteiger charge is -2.46. The summed E-state index contributed by atoms with van der Waals surface area (Å²) in [6.45, 7) is 21.9. The zero-order valence-corrected chi connectivity index (χ0v) is 22.9. The highest BCUT2D eigenvalue weighted by Gasteiger charge is 2.51. The highest BCUT2D eigenvalue weighted by molar-refractivity contribution is 6.76. The Morgan fingerprint density at radius 1 is 1.19 bits per heavy atom. The predicted octanol–water partition coefficient (Wildman–Crippen LogP) is 3.87. The van der Waals surface area contributed by atoms with Crippen LogP contribution in [0, 0.1) is 6.57 Å². The van der Waals surface area contributed by atoms with Crippen LogP contribution in [0.3, 0.4) is 0 Å². The van der Waals surface area contributed by atoms with Crippen molar-refractivity contribution in [3.05, 3.63) is 36.3 Å². The van der Waals surface area contributed by atoms with Crippen LogP contribution in [0.25, 0.3) is 27.1 Å². The highest BCUT2D eigenvalue weighted by Crippen LogP contribution is 2.33. The highest BCUT2D eigenvalue weighted by atomic mass is 28.3. The number of carbonyl (C=O) groups excluding carboxylic acids is 1. The summed E-state index contributed by atoms with van der Waals surface area (Å²) in [5.74, 6) is 0. The molecule has 0 radical (unpaired) electrons. The quantitative estimate of drug-likeness (QED) is 0.257. The fourth-order valence-electron chi connectivity index (χ4n) is 4.04. The van der Waals surface area contributed by atoms with E-state index in [-0.39, 0.29) is 12.6 Å². The van der Waals surface area contributed by atoms with Crippen molar-refractivity contribution >= 4 is 25.2 Å². The minimum atomic E-state index is -1.16. The molecule has 0 N–H and O–H groups in total. The summed E-state index contributed by atoms with van der Waals surface area (Å²) in [4.78, 5) is 26.6. The molecule has 3 aromatic rings. The first kappa shape index (κ1) is 25.8. The zero-order chi connectivity index (χ0) is 26.1. The van der Waals surface area contributed by atoms with Crippen molar-refractivity contribution in [1.82, 2.24) is 34.4 Å². The van der Waals surface area contributed by atoms with E-state index in [1.165, 1.54) is 6.33 Å². The molecule has 36 heavy (non-hydrogen) atoms. The van der Waals surface area contributed by atoms with E-state index in [1.807, 2.05) is 27.0 Å². The molecule has 0 unspecified atom stereocenters. The lowest BCUT2D eigenvalue weighted by atomic mass is 9.90. The standard InChI is InChI=1S/C24H34N8O3Si/c1-23(2,3)35-22(33)30-14-24(15-30,13-25-4)32-12-18(10-29-32)20-19-11-28-31(21(19)27-16-26-20)17-34-8-9-36(5,6)7/h10-12,16H,8-9,13-15,17H2,1-3,5-7H3. The van der Waals surface area contributed by atoms with E-state index < -0.39 is 19.2 Å². The Labute approximate surface area is 212 Å². The minimum absolute atomic E-state index is 0.208. The number of amides is 1. The number of nitrogens with zero attached hydrogens (tertiary/aromatic N) is 8. The third-order valence-corrected chi connectivity index (χ3v) is 7.69. The van der Waals surface area contributed by atoms with E-state index in [2.05, 4.69) is 44.7 Å². The third-order valence-electron chi connectivity index (χ3n) is 5.98. The summed E-state index contributed by atoms with van der Waals surface area (Å²) in [5, 5.41) is 9.82. The largest absolute Gasteiger partial charge is 0.444 e. The number of ether oxygens (including phenoxy) is 2. The molecule has 0 bridgehead atoms. The molecule has 1 aliphatic heterocycles. The molecule has 0 aliphatic carbocycles. The summed E-state index contributed by atoms with van der Waals surface area (Å²) in [5.41, 5.74) is 1.02. The van der Waals surface area contributed by atoms with Crippen LogP contribution in [-0.4, -0.2) is 80.4 Å². The second kappa shape index (κ2) is 9.63. The number of likely N-dealkylation sites (tertiary alicyclic amines) is 1. The summed E-state index contributed by atoms with van der Waals surface area (Å²) in [6, 6.07) is 1.09. The van der Waals surface area contributed by atoms with Gasteiger partial charge in [0, 0.05) is 26.4 Å². The monoisotopic (exact) mass is 510 g/mol. The van der Waals surface area contributed by atoms with Crippen molar-refractivity contribution < 1.29 is 14.3 Å². The van der Waals surface area contributed by atoms with Gasteiger partial charge in [-0.2, -0.15) is 10.2 Å². The van der Waals surface area contributed by atoms with Gasteiger partial charge in [0.2, 0.25) is 6.54 Å². The van der Waals surface area contributed by atoms with Crippen molar-refractivity contribution in [3.63, 3.8) is 0 Å². The van der Waals surface area contributed by atoms with E-state index in [4.69, 9.17) is 16.0 Å². The first-order valence-electron chi connectivity index (χ1n) is 12.0. The third kappa shape index (κ3) is 5.57. The van der Waals surface area contributed by atoms with Crippen LogP contribution in [0.1, 0.15) is 20.8 Å². The fraction of sp³-hybridized carbons (Fsp3) is 0.583. The lowest BCUT2D eigenvalue weighted by molar-refractivity contribution is -0.0273. The van der Waals surface area contributed by atoms with Crippen molar-refractivity contribution in [2.75, 3.05) is 26.2 Å². The van der Waals surface area contributed by atoms with Gasteiger partial charge in [-0.15, -0.1) is 0 Å². The maximum atomic E-state index is 12.4. The van der Waals surface area contributed by atoms with Crippen LogP contribution < -0.4 is 0 Å². The summed E-state index contributed by atoms with van der Waals surface area (Å²) in [6.07, 6.45) is 6.48. The first-order chi connectivity index (χ1) is 16.9. The zero-order valence-electron chi connectivity index (χ0n) is 21.9. The van der Waals surface area contributed by atoms with Crippen molar-refractivity contribution in [2.24, 2.45) is 0 Å². The fourth-order valence-corrected chi connectivity index (χ4v) is 4.79. The molecule has 1 aliphatic rings. The van der Waals surface area contributed by atoms with Crippen LogP contribution in [-0.2, 0) is 21.7 Å². The van der Waals surface area contributed by atoms with Gasteiger partial charge < -0.3 is 19.2 Å². The van der Waals surface area contributed by atoms with Gasteiger partial charge in [0.25, 0.3) is 0 Å². The SMILES string of the molecule is [C-]#[N+]CC1(n2cc(-c3ncnc4c3cnn4COCC[Si](C)(C)C)cn2)CN(C(=O)OC(C)(C)C)C1. The number of hydrogen-bond acceptors (Lipinski definition) is 7. The molecular formula is C24H34N8O3Si. The second-order valence-electron chi connectivity index (χ2n) is 11.5. The lowest BCUT2D eigenvalue weighted by Crippen LogP contribution is -2.66. The van der Waals surface area contributed by atoms with E-state index in [0.717, 1.165) is 17.0 Å². The molecule has 1 saturated heterocycles. The molecule has 3 aromatic heterocycles. The molecule has 1 fully saturated rings. The maximum absolute atomic E-state index is 12.4. The van der Waals surface area contributed by atoms with Gasteiger partial charge in [-0.25, -0.2) is 26.0 Å². The predicted molar refractivity (Wildman–Crippen MR) is 138 cm³/mol. The molecule has 4 heterocycles. The Kier molecular flexibility index (Phi) is 6.89. The van der Waals surface area contributed by atoms with Gasteiger partial charge in [-0.1, -0.05) is 19.6 Å². The van der Waals surface area contributed by atoms with Gasteiger partial charge in [0.1, 0.15) is 18.7 Å². The Bertz CT molecular complexity index is 1270. The van der Waals surface area contributed by atoms with Crippen LogP contribution in [0.5, 0.6) is 0 Å². The summed E-state index contributed by atoms with van der Waals surface area (Å²) < 4.78 is 14.8. The van der Waals surface area contributed by atoms with Crippen molar-refractivity contribution in [2.45, 2.75) is 64.3 Å². The van der Waals surface area contributed by atoms with E-state index in [9.17, 15) is 4.79 Å². The molecule has 1 amide bonds. The molecule has 0 spiro atoms. The van der Waals surface area contributed by atoms with Crippen LogP contribution in [0.15, 0.2) is 24.9 Å². The van der Waals surface area contributed by atoms with Gasteiger partial charge in [-0.3, -0.25) is 4.68 Å². The second-order valence-corrected chi connectivity index (χ2v) is 17.1. The molecule has 0 atom stereocenters. The van der Waals surface area contributed by atoms with E-state index in [1.54, 1.807) is 26.7 Å². The van der Waals surface area contributed by atoms with Gasteiger partial charge in [0.15, 0.2) is 11.2 Å². The Hall–Kier alpha value is -3.30. The normalized spacial score (nSPS) is 15.5. The molecule has 0 aromatic carbocycles. The Morgan fingerprint density at radius 2 is 1.94 bits per heavy atom. The number of aromatic nitrogens is 6. The average molecular weight is 511 g/mol. The number of hydrogen-bond donors (Lipinski definition) is 0. The van der Waals surface area contributed by atoms with Crippen molar-refractivity contribution in [3.8, 4) is 11.3 Å². The van der Waals surface area contributed by atoms with E-state index >= 15 is 0 Å². The summed E-state index contributed by atoms with van der Waals surface area (Å²) in [7, 11) is -1.16. The molecule has 0 saturated carbocycles. The molecule has 11 nitrogen and oxygen atoms in total. The maximum Gasteiger partial charge on any atom is 0.410 e. The molecular weight excluding hydrogens is 476 g/mol. The van der Waals surface area contributed by atoms with E-state index in [0.29, 0.717) is 37.8 Å². The Balaban J connectivity index is 1.51. The van der Waals surface area contributed by atoms with Crippen LogP contribution >= 0.6 is 0 Å². The number of rotatable bonds is 8. The minimum Gasteiger partial charge on any atom is -0.444 e. The number of carbonyl (C=O) groups is 1.